The first-order valence-corrected chi connectivity index (χ1v) is 11.8. The second-order valence-electron chi connectivity index (χ2n) is 8.95. The van der Waals surface area contributed by atoms with Gasteiger partial charge in [0.15, 0.2) is 0 Å². The van der Waals surface area contributed by atoms with Gasteiger partial charge in [0, 0.05) is 24.3 Å². The fourth-order valence-corrected chi connectivity index (χ4v) is 4.29. The summed E-state index contributed by atoms with van der Waals surface area (Å²) in [7, 11) is 0. The number of anilines is 1. The molecular weight excluding hydrogens is 487 g/mol. The summed E-state index contributed by atoms with van der Waals surface area (Å²) in [5.74, 6) is -2.52. The predicted octanol–water partition coefficient (Wildman–Crippen LogP) is 5.00. The normalized spacial score (nSPS) is 14.3. The minimum atomic E-state index is -4.73. The molecule has 3 amide bonds. The van der Waals surface area contributed by atoms with Crippen molar-refractivity contribution < 1.29 is 32.0 Å². The highest BCUT2D eigenvalue weighted by molar-refractivity contribution is 5.99. The van der Waals surface area contributed by atoms with E-state index in [-0.39, 0.29) is 24.3 Å². The highest BCUT2D eigenvalue weighted by Gasteiger charge is 2.40. The zero-order valence-corrected chi connectivity index (χ0v) is 20.1. The Morgan fingerprint density at radius 3 is 2.24 bits per heavy atom. The van der Waals surface area contributed by atoms with Gasteiger partial charge < -0.3 is 20.0 Å². The van der Waals surface area contributed by atoms with Crippen LogP contribution in [0.25, 0.3) is 0 Å². The van der Waals surface area contributed by atoms with Gasteiger partial charge in [-0.1, -0.05) is 29.8 Å². The van der Waals surface area contributed by atoms with Crippen LogP contribution in [-0.4, -0.2) is 42.3 Å². The van der Waals surface area contributed by atoms with Crippen molar-refractivity contribution in [3.8, 4) is 0 Å². The number of nitrogens with one attached hydrogen (secondary N) is 2. The first kappa shape index (κ1) is 26.0. The molecule has 2 heterocycles. The quantitative estimate of drug-likeness (QED) is 0.486. The number of furan rings is 1. The SMILES string of the molecule is Cc1ccc(C(=O)NCC(=O)Nc2ccc(C3CCN(C(=O)c4ccoc4C(F)(F)F)CC3)cc2)cc1. The number of aryl methyl sites for hydroxylation is 1. The van der Waals surface area contributed by atoms with Crippen LogP contribution in [0.5, 0.6) is 0 Å². The van der Waals surface area contributed by atoms with E-state index in [9.17, 15) is 27.6 Å². The molecule has 1 aliphatic heterocycles. The van der Waals surface area contributed by atoms with Crippen LogP contribution in [0.3, 0.4) is 0 Å². The van der Waals surface area contributed by atoms with E-state index in [1.807, 2.05) is 31.2 Å². The summed E-state index contributed by atoms with van der Waals surface area (Å²) >= 11 is 0. The third kappa shape index (κ3) is 6.38. The van der Waals surface area contributed by atoms with Crippen LogP contribution in [0.1, 0.15) is 56.4 Å². The largest absolute Gasteiger partial charge is 0.459 e. The number of nitrogens with zero attached hydrogens (tertiary/aromatic N) is 1. The summed E-state index contributed by atoms with van der Waals surface area (Å²) in [4.78, 5) is 38.4. The van der Waals surface area contributed by atoms with Crippen LogP contribution < -0.4 is 10.6 Å². The zero-order valence-electron chi connectivity index (χ0n) is 20.1. The number of amides is 3. The monoisotopic (exact) mass is 513 g/mol. The number of carbonyl (C=O) groups is 3. The number of benzene rings is 2. The van der Waals surface area contributed by atoms with E-state index in [0.717, 1.165) is 23.5 Å². The first-order valence-electron chi connectivity index (χ1n) is 11.8. The summed E-state index contributed by atoms with van der Waals surface area (Å²) in [6.07, 6.45) is -2.65. The average molecular weight is 514 g/mol. The molecule has 1 aromatic heterocycles. The topological polar surface area (TPSA) is 91.7 Å². The second kappa shape index (κ2) is 10.9. The van der Waals surface area contributed by atoms with Gasteiger partial charge in [-0.3, -0.25) is 14.4 Å². The molecule has 2 aromatic carbocycles. The minimum absolute atomic E-state index is 0.133. The maximum atomic E-state index is 13.1. The van der Waals surface area contributed by atoms with Crippen molar-refractivity contribution in [2.45, 2.75) is 31.9 Å². The van der Waals surface area contributed by atoms with Crippen molar-refractivity contribution in [3.63, 3.8) is 0 Å². The molecular formula is C27H26F3N3O4. The number of likely N-dealkylation sites (tertiary alicyclic amines) is 1. The third-order valence-electron chi connectivity index (χ3n) is 6.32. The first-order chi connectivity index (χ1) is 17.6. The third-order valence-corrected chi connectivity index (χ3v) is 6.32. The van der Waals surface area contributed by atoms with Gasteiger partial charge in [-0.25, -0.2) is 0 Å². The highest BCUT2D eigenvalue weighted by atomic mass is 19.4. The maximum absolute atomic E-state index is 13.1. The molecule has 4 rings (SSSR count). The van der Waals surface area contributed by atoms with E-state index in [1.165, 1.54) is 4.90 Å². The summed E-state index contributed by atoms with van der Waals surface area (Å²) < 4.78 is 43.7. The number of alkyl halides is 3. The number of halogens is 3. The van der Waals surface area contributed by atoms with Gasteiger partial charge in [-0.15, -0.1) is 0 Å². The Labute approximate surface area is 211 Å². The molecule has 1 aliphatic rings. The Balaban J connectivity index is 1.26. The van der Waals surface area contributed by atoms with Crippen LogP contribution in [0.2, 0.25) is 0 Å². The summed E-state index contributed by atoms with van der Waals surface area (Å²) in [6, 6.07) is 15.3. The fraction of sp³-hybridized carbons (Fsp3) is 0.296. The standard InChI is InChI=1S/C27H26F3N3O4/c1-17-2-4-20(5-3-17)25(35)31-16-23(34)32-21-8-6-18(7-9-21)19-10-13-33(14-11-19)26(36)22-12-15-37-24(22)27(28,29)30/h2-9,12,15,19H,10-11,13-14,16H2,1H3,(H,31,35)(H,32,34). The number of piperidine rings is 1. The zero-order chi connectivity index (χ0) is 26.6. The molecule has 0 saturated carbocycles. The molecule has 194 valence electrons. The smallest absolute Gasteiger partial charge is 0.450 e. The number of hydrogen-bond donors (Lipinski definition) is 2. The van der Waals surface area contributed by atoms with Crippen molar-refractivity contribution in [2.24, 2.45) is 0 Å². The van der Waals surface area contributed by atoms with Gasteiger partial charge in [0.1, 0.15) is 0 Å². The molecule has 0 bridgehead atoms. The predicted molar refractivity (Wildman–Crippen MR) is 130 cm³/mol. The minimum Gasteiger partial charge on any atom is -0.459 e. The van der Waals surface area contributed by atoms with E-state index in [2.05, 4.69) is 15.1 Å². The Bertz CT molecular complexity index is 1260. The van der Waals surface area contributed by atoms with E-state index >= 15 is 0 Å². The number of hydrogen-bond acceptors (Lipinski definition) is 4. The Hall–Kier alpha value is -4.08. The van der Waals surface area contributed by atoms with Crippen LogP contribution in [0.4, 0.5) is 18.9 Å². The van der Waals surface area contributed by atoms with Gasteiger partial charge in [-0.2, -0.15) is 13.2 Å². The fourth-order valence-electron chi connectivity index (χ4n) is 4.29. The summed E-state index contributed by atoms with van der Waals surface area (Å²) in [5, 5.41) is 5.32. The van der Waals surface area contributed by atoms with Crippen molar-refractivity contribution >= 4 is 23.4 Å². The lowest BCUT2D eigenvalue weighted by atomic mass is 9.89. The van der Waals surface area contributed by atoms with Gasteiger partial charge in [0.2, 0.25) is 11.7 Å². The molecule has 1 saturated heterocycles. The molecule has 1 fully saturated rings. The van der Waals surface area contributed by atoms with Crippen LogP contribution in [0, 0.1) is 6.92 Å². The van der Waals surface area contributed by atoms with E-state index in [1.54, 1.807) is 24.3 Å². The molecule has 10 heteroatoms. The lowest BCUT2D eigenvalue weighted by molar-refractivity contribution is -0.153. The lowest BCUT2D eigenvalue weighted by Gasteiger charge is -2.32. The van der Waals surface area contributed by atoms with Gasteiger partial charge >= 0.3 is 6.18 Å². The molecule has 0 aliphatic carbocycles. The van der Waals surface area contributed by atoms with Crippen LogP contribution >= 0.6 is 0 Å². The Morgan fingerprint density at radius 1 is 0.973 bits per heavy atom. The Morgan fingerprint density at radius 2 is 1.62 bits per heavy atom. The number of carbonyl (C=O) groups excluding carboxylic acids is 3. The molecule has 0 radical (unpaired) electrons. The van der Waals surface area contributed by atoms with Crippen LogP contribution in [-0.2, 0) is 11.0 Å². The van der Waals surface area contributed by atoms with Gasteiger partial charge in [-0.05, 0) is 61.6 Å². The molecule has 0 unspecified atom stereocenters. The van der Waals surface area contributed by atoms with Gasteiger partial charge in [0.25, 0.3) is 11.8 Å². The van der Waals surface area contributed by atoms with Crippen LogP contribution in [0.15, 0.2) is 65.3 Å². The van der Waals surface area contributed by atoms with Gasteiger partial charge in [0.05, 0.1) is 18.4 Å². The molecule has 3 aromatic rings. The Kier molecular flexibility index (Phi) is 7.66. The summed E-state index contributed by atoms with van der Waals surface area (Å²) in [6.45, 7) is 2.40. The average Bonchev–Trinajstić information content (AvgIpc) is 3.39. The van der Waals surface area contributed by atoms with E-state index < -0.39 is 23.4 Å². The second-order valence-corrected chi connectivity index (χ2v) is 8.95. The van der Waals surface area contributed by atoms with Crippen molar-refractivity contribution in [2.75, 3.05) is 25.0 Å². The maximum Gasteiger partial charge on any atom is 0.450 e. The molecule has 0 spiro atoms. The highest BCUT2D eigenvalue weighted by Crippen LogP contribution is 2.35. The molecule has 2 N–H and O–H groups in total. The molecule has 0 atom stereocenters. The molecule has 7 nitrogen and oxygen atoms in total. The molecule has 37 heavy (non-hydrogen) atoms. The summed E-state index contributed by atoms with van der Waals surface area (Å²) in [5.41, 5.74) is 2.62. The van der Waals surface area contributed by atoms with Crippen molar-refractivity contribution in [3.05, 3.63) is 88.9 Å². The lowest BCUT2D eigenvalue weighted by Crippen LogP contribution is -2.38. The van der Waals surface area contributed by atoms with E-state index in [4.69, 9.17) is 0 Å². The van der Waals surface area contributed by atoms with Crippen molar-refractivity contribution in [1.29, 1.82) is 0 Å². The van der Waals surface area contributed by atoms with Crippen molar-refractivity contribution in [1.82, 2.24) is 10.2 Å². The van der Waals surface area contributed by atoms with E-state index in [0.29, 0.717) is 37.2 Å². The number of rotatable bonds is 6.